The number of benzene rings is 2. The van der Waals surface area contributed by atoms with E-state index in [4.69, 9.17) is 21.3 Å². The Bertz CT molecular complexity index is 744. The van der Waals surface area contributed by atoms with Crippen molar-refractivity contribution in [2.45, 2.75) is 12.8 Å². The van der Waals surface area contributed by atoms with E-state index in [0.717, 1.165) is 30.9 Å². The van der Waals surface area contributed by atoms with Gasteiger partial charge in [0.25, 0.3) is 0 Å². The van der Waals surface area contributed by atoms with E-state index in [0.29, 0.717) is 16.3 Å². The van der Waals surface area contributed by atoms with Crippen LogP contribution in [-0.2, 0) is 4.74 Å². The second kappa shape index (κ2) is 6.84. The van der Waals surface area contributed by atoms with Gasteiger partial charge in [-0.2, -0.15) is 0 Å². The van der Waals surface area contributed by atoms with Crippen molar-refractivity contribution in [1.82, 2.24) is 0 Å². The van der Waals surface area contributed by atoms with Gasteiger partial charge in [-0.05, 0) is 36.8 Å². The first-order valence-corrected chi connectivity index (χ1v) is 7.85. The Kier molecular flexibility index (Phi) is 4.63. The third-order valence-corrected chi connectivity index (χ3v) is 4.01. The van der Waals surface area contributed by atoms with E-state index in [-0.39, 0.29) is 0 Å². The number of hydrogen-bond donors (Lipinski definition) is 0. The third kappa shape index (κ3) is 3.37. The maximum Gasteiger partial charge on any atom is 0.340 e. The number of amidine groups is 1. The molecule has 1 aliphatic heterocycles. The molecule has 0 N–H and O–H groups in total. The monoisotopic (exact) mass is 328 g/mol. The second-order valence-electron chi connectivity index (χ2n) is 5.27. The largest absolute Gasteiger partial charge is 0.465 e. The summed E-state index contributed by atoms with van der Waals surface area (Å²) in [6.07, 6.45) is 1.91. The molecule has 4 nitrogen and oxygen atoms in total. The smallest absolute Gasteiger partial charge is 0.340 e. The van der Waals surface area contributed by atoms with Crippen molar-refractivity contribution in [1.29, 1.82) is 0 Å². The zero-order chi connectivity index (χ0) is 16.2. The minimum Gasteiger partial charge on any atom is -0.465 e. The van der Waals surface area contributed by atoms with Gasteiger partial charge in [0.05, 0.1) is 18.4 Å². The number of para-hydroxylation sites is 1. The maximum atomic E-state index is 11.9. The van der Waals surface area contributed by atoms with Crippen LogP contribution in [0.2, 0.25) is 5.02 Å². The fraction of sp³-hybridized carbons (Fsp3) is 0.222. The number of halogens is 1. The van der Waals surface area contributed by atoms with Gasteiger partial charge in [0, 0.05) is 23.7 Å². The van der Waals surface area contributed by atoms with E-state index < -0.39 is 5.97 Å². The molecule has 0 radical (unpaired) electrons. The van der Waals surface area contributed by atoms with Gasteiger partial charge < -0.3 is 9.64 Å². The summed E-state index contributed by atoms with van der Waals surface area (Å²) in [5.74, 6) is 0.514. The molecular weight excluding hydrogens is 312 g/mol. The standard InChI is InChI=1S/C18H17ClN2O2/c1-23-18(22)15-12-13(19)9-10-16(15)20-17-8-5-11-21(17)14-6-3-2-4-7-14/h2-4,6-7,9-10,12H,5,8,11H2,1H3/b20-17+. The van der Waals surface area contributed by atoms with Gasteiger partial charge in [-0.15, -0.1) is 0 Å². The Morgan fingerprint density at radius 2 is 2.00 bits per heavy atom. The normalized spacial score (nSPS) is 15.9. The zero-order valence-electron chi connectivity index (χ0n) is 12.8. The summed E-state index contributed by atoms with van der Waals surface area (Å²) >= 11 is 5.99. The van der Waals surface area contributed by atoms with Gasteiger partial charge in [-0.25, -0.2) is 9.79 Å². The molecule has 0 amide bonds. The molecule has 2 aromatic carbocycles. The van der Waals surface area contributed by atoms with Crippen molar-refractivity contribution in [2.24, 2.45) is 4.99 Å². The molecule has 0 aliphatic carbocycles. The molecule has 1 saturated heterocycles. The predicted molar refractivity (Wildman–Crippen MR) is 92.9 cm³/mol. The summed E-state index contributed by atoms with van der Waals surface area (Å²) < 4.78 is 4.83. The molecule has 0 bridgehead atoms. The lowest BCUT2D eigenvalue weighted by atomic mass is 10.2. The number of methoxy groups -OCH3 is 1. The van der Waals surface area contributed by atoms with Crippen LogP contribution in [0.25, 0.3) is 0 Å². The molecule has 0 unspecified atom stereocenters. The summed E-state index contributed by atoms with van der Waals surface area (Å²) in [6, 6.07) is 15.2. The number of esters is 1. The molecular formula is C18H17ClN2O2. The average molecular weight is 329 g/mol. The van der Waals surface area contributed by atoms with Crippen LogP contribution in [0.3, 0.4) is 0 Å². The molecule has 0 saturated carbocycles. The van der Waals surface area contributed by atoms with Crippen molar-refractivity contribution in [3.05, 3.63) is 59.1 Å². The van der Waals surface area contributed by atoms with Gasteiger partial charge in [-0.3, -0.25) is 0 Å². The molecule has 3 rings (SSSR count). The molecule has 1 fully saturated rings. The van der Waals surface area contributed by atoms with Crippen molar-refractivity contribution in [2.75, 3.05) is 18.6 Å². The van der Waals surface area contributed by atoms with Crippen LogP contribution < -0.4 is 4.90 Å². The Hall–Kier alpha value is -2.33. The van der Waals surface area contributed by atoms with Crippen LogP contribution in [0.1, 0.15) is 23.2 Å². The van der Waals surface area contributed by atoms with Crippen LogP contribution >= 0.6 is 11.6 Å². The second-order valence-corrected chi connectivity index (χ2v) is 5.71. The number of carbonyl (C=O) groups excluding carboxylic acids is 1. The summed E-state index contributed by atoms with van der Waals surface area (Å²) in [7, 11) is 1.35. The number of rotatable bonds is 3. The average Bonchev–Trinajstić information content (AvgIpc) is 3.04. The van der Waals surface area contributed by atoms with Crippen LogP contribution in [0.15, 0.2) is 53.5 Å². The van der Waals surface area contributed by atoms with Crippen molar-refractivity contribution in [3.63, 3.8) is 0 Å². The van der Waals surface area contributed by atoms with E-state index in [9.17, 15) is 4.79 Å². The fourth-order valence-electron chi connectivity index (χ4n) is 2.68. The molecule has 2 aromatic rings. The van der Waals surface area contributed by atoms with Gasteiger partial charge >= 0.3 is 5.97 Å². The summed E-state index contributed by atoms with van der Waals surface area (Å²) in [5, 5.41) is 0.487. The molecule has 0 atom stereocenters. The van der Waals surface area contributed by atoms with Crippen molar-refractivity contribution < 1.29 is 9.53 Å². The molecule has 0 aromatic heterocycles. The number of carbonyl (C=O) groups is 1. The predicted octanol–water partition coefficient (Wildman–Crippen LogP) is 4.46. The number of nitrogens with zero attached hydrogens (tertiary/aromatic N) is 2. The third-order valence-electron chi connectivity index (χ3n) is 3.77. The summed E-state index contributed by atoms with van der Waals surface area (Å²) in [4.78, 5) is 18.8. The van der Waals surface area contributed by atoms with Crippen LogP contribution in [0, 0.1) is 0 Å². The lowest BCUT2D eigenvalue weighted by Gasteiger charge is -2.19. The molecule has 1 aliphatic rings. The minimum atomic E-state index is -0.434. The molecule has 118 valence electrons. The maximum absolute atomic E-state index is 11.9. The number of aliphatic imine (C=N–C) groups is 1. The molecule has 23 heavy (non-hydrogen) atoms. The number of anilines is 1. The first-order valence-electron chi connectivity index (χ1n) is 7.47. The highest BCUT2D eigenvalue weighted by atomic mass is 35.5. The summed E-state index contributed by atoms with van der Waals surface area (Å²) in [5.41, 5.74) is 2.07. The highest BCUT2D eigenvalue weighted by molar-refractivity contribution is 6.31. The number of ether oxygens (including phenoxy) is 1. The topological polar surface area (TPSA) is 41.9 Å². The van der Waals surface area contributed by atoms with E-state index >= 15 is 0 Å². The van der Waals surface area contributed by atoms with Gasteiger partial charge in [0.1, 0.15) is 5.84 Å². The minimum absolute atomic E-state index is 0.382. The van der Waals surface area contributed by atoms with Gasteiger partial charge in [-0.1, -0.05) is 29.8 Å². The van der Waals surface area contributed by atoms with E-state index in [1.807, 2.05) is 18.2 Å². The van der Waals surface area contributed by atoms with E-state index in [1.165, 1.54) is 7.11 Å². The van der Waals surface area contributed by atoms with Crippen molar-refractivity contribution >= 4 is 34.8 Å². The lowest BCUT2D eigenvalue weighted by Crippen LogP contribution is -2.23. The zero-order valence-corrected chi connectivity index (χ0v) is 13.6. The van der Waals surface area contributed by atoms with E-state index in [1.54, 1.807) is 18.2 Å². The first kappa shape index (κ1) is 15.6. The molecule has 1 heterocycles. The van der Waals surface area contributed by atoms with Crippen LogP contribution in [-0.4, -0.2) is 25.5 Å². The quantitative estimate of drug-likeness (QED) is 0.781. The Morgan fingerprint density at radius 3 is 2.74 bits per heavy atom. The summed E-state index contributed by atoms with van der Waals surface area (Å²) in [6.45, 7) is 0.921. The Balaban J connectivity index is 1.99. The molecule has 0 spiro atoms. The van der Waals surface area contributed by atoms with Gasteiger partial charge in [0.2, 0.25) is 0 Å². The van der Waals surface area contributed by atoms with Crippen molar-refractivity contribution in [3.8, 4) is 0 Å². The fourth-order valence-corrected chi connectivity index (χ4v) is 2.85. The van der Waals surface area contributed by atoms with Gasteiger partial charge in [0.15, 0.2) is 0 Å². The first-order chi connectivity index (χ1) is 11.2. The molecule has 5 heteroatoms. The van der Waals surface area contributed by atoms with E-state index in [2.05, 4.69) is 17.0 Å². The Morgan fingerprint density at radius 1 is 1.22 bits per heavy atom. The SMILES string of the molecule is COC(=O)c1cc(Cl)ccc1/N=C1\CCCN1c1ccccc1. The highest BCUT2D eigenvalue weighted by Crippen LogP contribution is 2.28. The lowest BCUT2D eigenvalue weighted by molar-refractivity contribution is 0.0601. The highest BCUT2D eigenvalue weighted by Gasteiger charge is 2.21. The van der Waals surface area contributed by atoms with Crippen LogP contribution in [0.5, 0.6) is 0 Å². The van der Waals surface area contributed by atoms with Crippen LogP contribution in [0.4, 0.5) is 11.4 Å². The Labute approximate surface area is 140 Å². The number of hydrogen-bond acceptors (Lipinski definition) is 3.